The van der Waals surface area contributed by atoms with Gasteiger partial charge < -0.3 is 9.64 Å². The van der Waals surface area contributed by atoms with Gasteiger partial charge in [-0.05, 0) is 25.2 Å². The number of carbonyl (C=O) groups excluding carboxylic acids is 2. The maximum absolute atomic E-state index is 10.8. The molecular weight excluding hydrogens is 302 g/mol. The zero-order valence-electron chi connectivity index (χ0n) is 13.9. The van der Waals surface area contributed by atoms with Gasteiger partial charge in [-0.2, -0.15) is 0 Å². The van der Waals surface area contributed by atoms with Crippen molar-refractivity contribution < 1.29 is 14.3 Å². The van der Waals surface area contributed by atoms with Crippen LogP contribution in [0.3, 0.4) is 0 Å². The van der Waals surface area contributed by atoms with Crippen molar-refractivity contribution in [1.29, 1.82) is 0 Å². The van der Waals surface area contributed by atoms with Gasteiger partial charge in [0.15, 0.2) is 0 Å². The van der Waals surface area contributed by atoms with E-state index in [-0.39, 0.29) is 0 Å². The van der Waals surface area contributed by atoms with Crippen LogP contribution in [0.4, 0.5) is 0 Å². The molecule has 0 unspecified atom stereocenters. The summed E-state index contributed by atoms with van der Waals surface area (Å²) in [4.78, 5) is 23.7. The second-order valence-corrected chi connectivity index (χ2v) is 5.69. The first kappa shape index (κ1) is 17.6. The third kappa shape index (κ3) is 4.89. The highest BCUT2D eigenvalue weighted by atomic mass is 16.5. The molecule has 4 nitrogen and oxygen atoms in total. The molecule has 0 spiro atoms. The predicted molar refractivity (Wildman–Crippen MR) is 95.2 cm³/mol. The van der Waals surface area contributed by atoms with Crippen LogP contribution in [0.15, 0.2) is 54.8 Å². The summed E-state index contributed by atoms with van der Waals surface area (Å²) < 4.78 is 5.69. The SMILES string of the molecule is CN(C)CCOC=C(c1ccc(C=O)cc1)c1ccc(C=O)cc1. The van der Waals surface area contributed by atoms with Crippen molar-refractivity contribution in [2.24, 2.45) is 0 Å². The van der Waals surface area contributed by atoms with Crippen molar-refractivity contribution in [3.05, 3.63) is 77.0 Å². The standard InChI is InChI=1S/C20H21NO3/c1-21(2)11-12-24-15-20(18-7-3-16(13-22)4-8-18)19-9-5-17(14-23)6-10-19/h3-10,13-15H,11-12H2,1-2H3. The molecule has 2 aromatic carbocycles. The molecule has 0 bridgehead atoms. The van der Waals surface area contributed by atoms with Gasteiger partial charge in [0.25, 0.3) is 0 Å². The monoisotopic (exact) mass is 323 g/mol. The average Bonchev–Trinajstić information content (AvgIpc) is 2.62. The third-order valence-electron chi connectivity index (χ3n) is 3.57. The first-order valence-corrected chi connectivity index (χ1v) is 7.72. The van der Waals surface area contributed by atoms with Crippen LogP contribution in [0.5, 0.6) is 0 Å². The van der Waals surface area contributed by atoms with E-state index in [1.165, 1.54) is 0 Å². The maximum Gasteiger partial charge on any atom is 0.150 e. The summed E-state index contributed by atoms with van der Waals surface area (Å²) in [5, 5.41) is 0. The Balaban J connectivity index is 2.29. The molecule has 0 N–H and O–H groups in total. The van der Waals surface area contributed by atoms with E-state index in [1.807, 2.05) is 43.3 Å². The molecule has 0 aliphatic carbocycles. The van der Waals surface area contributed by atoms with Crippen LogP contribution in [0.25, 0.3) is 5.57 Å². The highest BCUT2D eigenvalue weighted by Gasteiger charge is 2.07. The van der Waals surface area contributed by atoms with Crippen molar-refractivity contribution in [1.82, 2.24) is 4.90 Å². The molecule has 0 radical (unpaired) electrons. The Morgan fingerprint density at radius 2 is 1.33 bits per heavy atom. The lowest BCUT2D eigenvalue weighted by Crippen LogP contribution is -2.16. The molecular formula is C20H21NO3. The first-order chi connectivity index (χ1) is 11.6. The third-order valence-corrected chi connectivity index (χ3v) is 3.57. The number of aldehydes is 2. The smallest absolute Gasteiger partial charge is 0.150 e. The molecule has 124 valence electrons. The highest BCUT2D eigenvalue weighted by molar-refractivity contribution is 5.83. The van der Waals surface area contributed by atoms with Gasteiger partial charge in [-0.15, -0.1) is 0 Å². The van der Waals surface area contributed by atoms with Crippen LogP contribution < -0.4 is 0 Å². The van der Waals surface area contributed by atoms with E-state index < -0.39 is 0 Å². The Hall–Kier alpha value is -2.72. The second-order valence-electron chi connectivity index (χ2n) is 5.69. The molecule has 0 fully saturated rings. The molecule has 2 rings (SSSR count). The Morgan fingerprint density at radius 1 is 0.875 bits per heavy atom. The molecule has 0 aliphatic heterocycles. The fraction of sp³-hybridized carbons (Fsp3) is 0.200. The number of likely N-dealkylation sites (N-methyl/N-ethyl adjacent to an activating group) is 1. The van der Waals surface area contributed by atoms with Crippen molar-refractivity contribution in [3.8, 4) is 0 Å². The van der Waals surface area contributed by atoms with Crippen molar-refractivity contribution in [2.45, 2.75) is 0 Å². The second kappa shape index (κ2) is 8.79. The van der Waals surface area contributed by atoms with Crippen molar-refractivity contribution >= 4 is 18.1 Å². The topological polar surface area (TPSA) is 46.6 Å². The summed E-state index contributed by atoms with van der Waals surface area (Å²) in [6, 6.07) is 14.6. The summed E-state index contributed by atoms with van der Waals surface area (Å²) in [6.07, 6.45) is 3.37. The quantitative estimate of drug-likeness (QED) is 0.425. The minimum atomic E-state index is 0.579. The Labute approximate surface area is 142 Å². The fourth-order valence-electron chi connectivity index (χ4n) is 2.16. The number of hydrogen-bond donors (Lipinski definition) is 0. The van der Waals surface area contributed by atoms with E-state index in [0.717, 1.165) is 35.8 Å². The van der Waals surface area contributed by atoms with Crippen molar-refractivity contribution in [3.63, 3.8) is 0 Å². The zero-order valence-corrected chi connectivity index (χ0v) is 13.9. The molecule has 2 aromatic rings. The number of ether oxygens (including phenoxy) is 1. The highest BCUT2D eigenvalue weighted by Crippen LogP contribution is 2.24. The lowest BCUT2D eigenvalue weighted by molar-refractivity contribution is 0.111. The van der Waals surface area contributed by atoms with E-state index in [4.69, 9.17) is 4.74 Å². The van der Waals surface area contributed by atoms with Crippen LogP contribution in [0.2, 0.25) is 0 Å². The van der Waals surface area contributed by atoms with Crippen LogP contribution in [0.1, 0.15) is 31.8 Å². The van der Waals surface area contributed by atoms with E-state index in [9.17, 15) is 9.59 Å². The van der Waals surface area contributed by atoms with Gasteiger partial charge in [0.1, 0.15) is 12.6 Å². The van der Waals surface area contributed by atoms with Gasteiger partial charge >= 0.3 is 0 Å². The van der Waals surface area contributed by atoms with Crippen LogP contribution in [-0.2, 0) is 4.74 Å². The molecule has 4 heteroatoms. The lowest BCUT2D eigenvalue weighted by atomic mass is 9.97. The van der Waals surface area contributed by atoms with Gasteiger partial charge in [0.05, 0.1) is 12.9 Å². The summed E-state index contributed by atoms with van der Waals surface area (Å²) >= 11 is 0. The molecule has 0 amide bonds. The van der Waals surface area contributed by atoms with Crippen LogP contribution in [0, 0.1) is 0 Å². The summed E-state index contributed by atoms with van der Waals surface area (Å²) in [6.45, 7) is 1.40. The van der Waals surface area contributed by atoms with E-state index in [2.05, 4.69) is 0 Å². The molecule has 0 aliphatic rings. The number of nitrogens with zero attached hydrogens (tertiary/aromatic N) is 1. The molecule has 0 atom stereocenters. The molecule has 24 heavy (non-hydrogen) atoms. The molecule has 0 heterocycles. The number of carbonyl (C=O) groups is 2. The van der Waals surface area contributed by atoms with Gasteiger partial charge in [-0.25, -0.2) is 0 Å². The maximum atomic E-state index is 10.8. The Kier molecular flexibility index (Phi) is 6.46. The largest absolute Gasteiger partial charge is 0.499 e. The average molecular weight is 323 g/mol. The number of benzene rings is 2. The van der Waals surface area contributed by atoms with E-state index >= 15 is 0 Å². The minimum Gasteiger partial charge on any atom is -0.499 e. The zero-order chi connectivity index (χ0) is 17.4. The van der Waals surface area contributed by atoms with Gasteiger partial charge in [0, 0.05) is 23.2 Å². The van der Waals surface area contributed by atoms with Gasteiger partial charge in [0.2, 0.25) is 0 Å². The number of hydrogen-bond acceptors (Lipinski definition) is 4. The van der Waals surface area contributed by atoms with Crippen molar-refractivity contribution in [2.75, 3.05) is 27.2 Å². The molecule has 0 saturated carbocycles. The summed E-state index contributed by atoms with van der Waals surface area (Å²) in [5.41, 5.74) is 4.06. The normalized spacial score (nSPS) is 10.3. The van der Waals surface area contributed by atoms with E-state index in [1.54, 1.807) is 30.5 Å². The molecule has 0 saturated heterocycles. The minimum absolute atomic E-state index is 0.579. The van der Waals surface area contributed by atoms with Gasteiger partial charge in [-0.3, -0.25) is 9.59 Å². The van der Waals surface area contributed by atoms with Crippen LogP contribution in [-0.4, -0.2) is 44.7 Å². The predicted octanol–water partition coefficient (Wildman–Crippen LogP) is 3.28. The van der Waals surface area contributed by atoms with Crippen LogP contribution >= 0.6 is 0 Å². The fourth-order valence-corrected chi connectivity index (χ4v) is 2.16. The lowest BCUT2D eigenvalue weighted by Gasteiger charge is -2.12. The summed E-state index contributed by atoms with van der Waals surface area (Å²) in [5.74, 6) is 0. The molecule has 0 aromatic heterocycles. The summed E-state index contributed by atoms with van der Waals surface area (Å²) in [7, 11) is 3.98. The Morgan fingerprint density at radius 3 is 1.71 bits per heavy atom. The number of rotatable bonds is 8. The first-order valence-electron chi connectivity index (χ1n) is 7.72. The Bertz CT molecular complexity index is 647. The van der Waals surface area contributed by atoms with Gasteiger partial charge in [-0.1, -0.05) is 48.5 Å². The van der Waals surface area contributed by atoms with E-state index in [0.29, 0.717) is 17.7 Å².